The number of halogens is 3. The lowest BCUT2D eigenvalue weighted by Crippen LogP contribution is -2.41. The molecule has 2 N–H and O–H groups in total. The Bertz CT molecular complexity index is 1370. The van der Waals surface area contributed by atoms with Crippen LogP contribution in [0.4, 0.5) is 13.2 Å². The number of hydrogen-bond donors (Lipinski definition) is 2. The third-order valence-corrected chi connectivity index (χ3v) is 7.32. The third-order valence-electron chi connectivity index (χ3n) is 7.32. The Balaban J connectivity index is 1.40. The van der Waals surface area contributed by atoms with Crippen molar-refractivity contribution in [3.63, 3.8) is 0 Å². The van der Waals surface area contributed by atoms with Crippen LogP contribution in [0.3, 0.4) is 0 Å². The quantitative estimate of drug-likeness (QED) is 0.365. The molecule has 39 heavy (non-hydrogen) atoms. The van der Waals surface area contributed by atoms with Crippen molar-refractivity contribution in [3.8, 4) is 17.6 Å². The fourth-order valence-corrected chi connectivity index (χ4v) is 5.31. The van der Waals surface area contributed by atoms with E-state index in [1.165, 1.54) is 18.2 Å². The number of ether oxygens (including phenoxy) is 1. The van der Waals surface area contributed by atoms with Crippen molar-refractivity contribution in [2.75, 3.05) is 26.7 Å². The number of pyridine rings is 1. The number of rotatable bonds is 8. The van der Waals surface area contributed by atoms with Gasteiger partial charge in [-0.3, -0.25) is 14.7 Å². The number of aromatic nitrogens is 1. The second-order valence-electron chi connectivity index (χ2n) is 9.86. The fraction of sp³-hybridized carbons (Fsp3) is 0.400. The van der Waals surface area contributed by atoms with Crippen molar-refractivity contribution < 1.29 is 32.9 Å². The molecule has 0 saturated carbocycles. The van der Waals surface area contributed by atoms with Gasteiger partial charge in [0, 0.05) is 30.1 Å². The van der Waals surface area contributed by atoms with Gasteiger partial charge in [-0.15, -0.1) is 0 Å². The van der Waals surface area contributed by atoms with Gasteiger partial charge in [-0.2, -0.15) is 13.2 Å². The number of carboxylic acid groups (broad SMARTS) is 1. The van der Waals surface area contributed by atoms with Crippen LogP contribution in [0.25, 0.3) is 10.9 Å². The first kappa shape index (κ1) is 28.4. The molecule has 3 aromatic rings. The molecule has 1 fully saturated rings. The standard InChI is InChI=1S/C30H31F3N2O4/c1-39-23-9-10-27-25(18-23)24(12-14-34-27)28(36)11-8-20-13-16-35(19-22(20)17-29(37)38)15-4-6-21-5-2-3-7-26(21)30(31,32)33/h2-3,5,7,9-10,12,14,18,20,22,28,36H,8,11,13,15-17,19H2,1H3,(H,37,38)/t20-,22+,28-/m1/s1. The molecule has 0 bridgehead atoms. The number of hydrogen-bond acceptors (Lipinski definition) is 5. The summed E-state index contributed by atoms with van der Waals surface area (Å²) >= 11 is 0. The van der Waals surface area contributed by atoms with E-state index in [9.17, 15) is 28.2 Å². The van der Waals surface area contributed by atoms with E-state index < -0.39 is 23.8 Å². The number of aliphatic hydroxyl groups excluding tert-OH is 1. The SMILES string of the molecule is COc1ccc2nccc([C@H](O)CC[C@@H]3CCN(CC#Cc4ccccc4C(F)(F)F)C[C@@H]3CC(=O)O)c2c1. The van der Waals surface area contributed by atoms with Gasteiger partial charge in [0.2, 0.25) is 0 Å². The Hall–Kier alpha value is -3.61. The first-order valence-corrected chi connectivity index (χ1v) is 12.9. The highest BCUT2D eigenvalue weighted by atomic mass is 19.4. The summed E-state index contributed by atoms with van der Waals surface area (Å²) in [6, 6.07) is 12.5. The van der Waals surface area contributed by atoms with Gasteiger partial charge in [0.15, 0.2) is 0 Å². The van der Waals surface area contributed by atoms with Gasteiger partial charge in [0.25, 0.3) is 0 Å². The molecule has 206 valence electrons. The predicted octanol–water partition coefficient (Wildman–Crippen LogP) is 5.54. The minimum Gasteiger partial charge on any atom is -0.497 e. The molecule has 1 aromatic heterocycles. The lowest BCUT2D eigenvalue weighted by atomic mass is 9.79. The summed E-state index contributed by atoms with van der Waals surface area (Å²) in [5.41, 5.74) is 0.667. The Kier molecular flexibility index (Phi) is 9.10. The molecule has 0 spiro atoms. The fourth-order valence-electron chi connectivity index (χ4n) is 5.31. The Morgan fingerprint density at radius 1 is 1.21 bits per heavy atom. The molecule has 2 aromatic carbocycles. The van der Waals surface area contributed by atoms with Gasteiger partial charge in [0.05, 0.1) is 30.8 Å². The second kappa shape index (κ2) is 12.5. The van der Waals surface area contributed by atoms with Gasteiger partial charge in [-0.05, 0) is 79.6 Å². The van der Waals surface area contributed by atoms with E-state index in [4.69, 9.17) is 4.74 Å². The first-order chi connectivity index (χ1) is 18.7. The molecule has 4 rings (SSSR count). The summed E-state index contributed by atoms with van der Waals surface area (Å²) in [5, 5.41) is 21.4. The van der Waals surface area contributed by atoms with Crippen LogP contribution in [-0.2, 0) is 11.0 Å². The van der Waals surface area contributed by atoms with Gasteiger partial charge < -0.3 is 14.9 Å². The molecule has 0 unspecified atom stereocenters. The summed E-state index contributed by atoms with van der Waals surface area (Å²) in [6.45, 7) is 1.39. The molecular weight excluding hydrogens is 509 g/mol. The average Bonchev–Trinajstić information content (AvgIpc) is 2.91. The van der Waals surface area contributed by atoms with Crippen molar-refractivity contribution in [1.29, 1.82) is 0 Å². The van der Waals surface area contributed by atoms with Crippen molar-refractivity contribution in [2.24, 2.45) is 11.8 Å². The van der Waals surface area contributed by atoms with Gasteiger partial charge >= 0.3 is 12.1 Å². The molecular formula is C30H31F3N2O4. The molecule has 0 radical (unpaired) electrons. The molecule has 3 atom stereocenters. The Labute approximate surface area is 225 Å². The van der Waals surface area contributed by atoms with E-state index in [2.05, 4.69) is 16.8 Å². The van der Waals surface area contributed by atoms with Crippen molar-refractivity contribution in [3.05, 3.63) is 71.4 Å². The van der Waals surface area contributed by atoms with E-state index in [-0.39, 0.29) is 30.4 Å². The number of aliphatic hydroxyl groups is 1. The van der Waals surface area contributed by atoms with Gasteiger partial charge in [0.1, 0.15) is 5.75 Å². The summed E-state index contributed by atoms with van der Waals surface area (Å²) in [4.78, 5) is 17.9. The number of carboxylic acids is 1. The molecule has 1 aliphatic rings. The van der Waals surface area contributed by atoms with E-state index in [1.54, 1.807) is 19.4 Å². The molecule has 6 nitrogen and oxygen atoms in total. The molecule has 0 aliphatic carbocycles. The van der Waals surface area contributed by atoms with E-state index >= 15 is 0 Å². The number of piperidine rings is 1. The lowest BCUT2D eigenvalue weighted by molar-refractivity contribution is -0.139. The molecule has 0 amide bonds. The first-order valence-electron chi connectivity index (χ1n) is 12.9. The molecule has 9 heteroatoms. The van der Waals surface area contributed by atoms with Crippen LogP contribution in [0.5, 0.6) is 5.75 Å². The maximum atomic E-state index is 13.2. The number of benzene rings is 2. The smallest absolute Gasteiger partial charge is 0.417 e. The topological polar surface area (TPSA) is 82.9 Å². The highest BCUT2D eigenvalue weighted by Crippen LogP contribution is 2.35. The van der Waals surface area contributed by atoms with Crippen LogP contribution in [0.15, 0.2) is 54.7 Å². The monoisotopic (exact) mass is 540 g/mol. The van der Waals surface area contributed by atoms with Gasteiger partial charge in [-0.1, -0.05) is 24.0 Å². The predicted molar refractivity (Wildman–Crippen MR) is 141 cm³/mol. The van der Waals surface area contributed by atoms with Crippen LogP contribution in [0.2, 0.25) is 0 Å². The minimum absolute atomic E-state index is 0.0169. The summed E-state index contributed by atoms with van der Waals surface area (Å²) in [5.74, 6) is 5.19. The van der Waals surface area contributed by atoms with Crippen LogP contribution < -0.4 is 4.74 Å². The number of fused-ring (bicyclic) bond motifs is 1. The summed E-state index contributed by atoms with van der Waals surface area (Å²) < 4.78 is 45.0. The van der Waals surface area contributed by atoms with Crippen molar-refractivity contribution >= 4 is 16.9 Å². The van der Waals surface area contributed by atoms with Crippen LogP contribution in [0.1, 0.15) is 48.5 Å². The average molecular weight is 541 g/mol. The maximum absolute atomic E-state index is 13.2. The Morgan fingerprint density at radius 3 is 2.74 bits per heavy atom. The summed E-state index contributed by atoms with van der Waals surface area (Å²) in [6.07, 6.45) is -1.75. The second-order valence-corrected chi connectivity index (χ2v) is 9.86. The number of alkyl halides is 3. The normalized spacial score (nSPS) is 18.8. The van der Waals surface area contributed by atoms with E-state index in [0.717, 1.165) is 29.0 Å². The van der Waals surface area contributed by atoms with Crippen LogP contribution >= 0.6 is 0 Å². The zero-order chi connectivity index (χ0) is 28.0. The molecule has 2 heterocycles. The maximum Gasteiger partial charge on any atom is 0.417 e. The molecule has 1 saturated heterocycles. The highest BCUT2D eigenvalue weighted by Gasteiger charge is 2.33. The minimum atomic E-state index is -4.48. The molecule has 1 aliphatic heterocycles. The number of carbonyl (C=O) groups is 1. The van der Waals surface area contributed by atoms with E-state index in [1.807, 2.05) is 23.1 Å². The number of likely N-dealkylation sites (tertiary alicyclic amines) is 1. The van der Waals surface area contributed by atoms with E-state index in [0.29, 0.717) is 31.7 Å². The largest absolute Gasteiger partial charge is 0.497 e. The zero-order valence-electron chi connectivity index (χ0n) is 21.6. The Morgan fingerprint density at radius 2 is 2.00 bits per heavy atom. The van der Waals surface area contributed by atoms with Crippen LogP contribution in [-0.4, -0.2) is 52.8 Å². The zero-order valence-corrected chi connectivity index (χ0v) is 21.6. The van der Waals surface area contributed by atoms with Crippen molar-refractivity contribution in [1.82, 2.24) is 9.88 Å². The van der Waals surface area contributed by atoms with Crippen molar-refractivity contribution in [2.45, 2.75) is 38.0 Å². The lowest BCUT2D eigenvalue weighted by Gasteiger charge is -2.37. The number of nitrogens with zero attached hydrogens (tertiary/aromatic N) is 2. The number of aliphatic carboxylic acids is 1. The highest BCUT2D eigenvalue weighted by molar-refractivity contribution is 5.83. The third kappa shape index (κ3) is 7.28. The van der Waals surface area contributed by atoms with Crippen LogP contribution in [0, 0.1) is 23.7 Å². The number of methoxy groups -OCH3 is 1. The van der Waals surface area contributed by atoms with Gasteiger partial charge in [-0.25, -0.2) is 0 Å². The summed E-state index contributed by atoms with van der Waals surface area (Å²) in [7, 11) is 1.58.